The zero-order valence-corrected chi connectivity index (χ0v) is 17.2. The largest absolute Gasteiger partial charge is 0.352 e. The van der Waals surface area contributed by atoms with Crippen molar-refractivity contribution in [2.24, 2.45) is 0 Å². The van der Waals surface area contributed by atoms with Crippen molar-refractivity contribution in [3.63, 3.8) is 0 Å². The van der Waals surface area contributed by atoms with Crippen LogP contribution in [-0.2, 0) is 0 Å². The van der Waals surface area contributed by atoms with Gasteiger partial charge in [0.2, 0.25) is 0 Å². The van der Waals surface area contributed by atoms with E-state index in [2.05, 4.69) is 82.3 Å². The van der Waals surface area contributed by atoms with Gasteiger partial charge in [-0.05, 0) is 67.5 Å². The molecule has 1 aromatic carbocycles. The minimum Gasteiger partial charge on any atom is -0.352 e. The Balaban J connectivity index is 1.79. The number of benzene rings is 1. The lowest BCUT2D eigenvalue weighted by Crippen LogP contribution is -2.31. The van der Waals surface area contributed by atoms with Gasteiger partial charge in [0.25, 0.3) is 0 Å². The zero-order valence-electron chi connectivity index (χ0n) is 16.4. The van der Waals surface area contributed by atoms with Crippen molar-refractivity contribution in [3.8, 4) is 5.69 Å². The molecular weight excluding hydrogens is 364 g/mol. The lowest BCUT2D eigenvalue weighted by Gasteiger charge is -2.29. The quantitative estimate of drug-likeness (QED) is 0.604. The summed E-state index contributed by atoms with van der Waals surface area (Å²) in [5.41, 5.74) is 4.67. The van der Waals surface area contributed by atoms with E-state index in [1.165, 1.54) is 16.9 Å². The van der Waals surface area contributed by atoms with Crippen molar-refractivity contribution in [2.45, 2.75) is 38.8 Å². The van der Waals surface area contributed by atoms with Crippen molar-refractivity contribution in [1.29, 1.82) is 0 Å². The van der Waals surface area contributed by atoms with Gasteiger partial charge >= 0.3 is 0 Å². The van der Waals surface area contributed by atoms with Crippen LogP contribution < -0.4 is 5.32 Å². The molecule has 3 aromatic rings. The summed E-state index contributed by atoms with van der Waals surface area (Å²) < 4.78 is 2.28. The van der Waals surface area contributed by atoms with Crippen LogP contribution in [0.3, 0.4) is 0 Å². The van der Waals surface area contributed by atoms with Gasteiger partial charge in [-0.25, -0.2) is 0 Å². The molecule has 0 amide bonds. The first kappa shape index (κ1) is 18.7. The van der Waals surface area contributed by atoms with E-state index >= 15 is 0 Å². The highest BCUT2D eigenvalue weighted by atomic mass is 32.1. The number of unbranched alkanes of at least 4 members (excludes halogenated alkanes) is 1. The third-order valence-corrected chi connectivity index (χ3v) is 5.67. The van der Waals surface area contributed by atoms with Gasteiger partial charge in [0.15, 0.2) is 5.11 Å². The number of aryl methyl sites for hydroxylation is 1. The lowest BCUT2D eigenvalue weighted by molar-refractivity contribution is 0.304. The van der Waals surface area contributed by atoms with Crippen molar-refractivity contribution in [2.75, 3.05) is 6.54 Å². The monoisotopic (exact) mass is 390 g/mol. The SMILES string of the molecule is CCCCN1C(=S)N[C@@H](c2ccccn2)[C@@H]1c1cccn1-c1cccc(C)c1. The van der Waals surface area contributed by atoms with Gasteiger partial charge in [-0.2, -0.15) is 0 Å². The lowest BCUT2D eigenvalue weighted by atomic mass is 10.0. The minimum absolute atomic E-state index is 0.0315. The summed E-state index contributed by atoms with van der Waals surface area (Å²) in [7, 11) is 0. The number of nitrogens with one attached hydrogen (secondary N) is 1. The van der Waals surface area contributed by atoms with Gasteiger partial charge < -0.3 is 14.8 Å². The molecule has 2 atom stereocenters. The third kappa shape index (κ3) is 3.54. The Morgan fingerprint density at radius 2 is 2.00 bits per heavy atom. The fourth-order valence-electron chi connectivity index (χ4n) is 3.94. The number of aromatic nitrogens is 2. The number of pyridine rings is 1. The van der Waals surface area contributed by atoms with E-state index < -0.39 is 0 Å². The first-order valence-electron chi connectivity index (χ1n) is 9.91. The van der Waals surface area contributed by atoms with Crippen LogP contribution >= 0.6 is 12.2 Å². The molecular formula is C23H26N4S. The summed E-state index contributed by atoms with van der Waals surface area (Å²) in [6.07, 6.45) is 6.24. The van der Waals surface area contributed by atoms with Crippen LogP contribution in [0.2, 0.25) is 0 Å². The minimum atomic E-state index is 0.0315. The molecule has 1 aliphatic heterocycles. The molecule has 0 saturated carbocycles. The van der Waals surface area contributed by atoms with Gasteiger partial charge in [-0.15, -0.1) is 0 Å². The Hall–Kier alpha value is -2.66. The highest BCUT2D eigenvalue weighted by Gasteiger charge is 2.40. The molecule has 144 valence electrons. The van der Waals surface area contributed by atoms with E-state index in [9.17, 15) is 0 Å². The van der Waals surface area contributed by atoms with Gasteiger partial charge in [-0.3, -0.25) is 4.98 Å². The van der Waals surface area contributed by atoms with Crippen molar-refractivity contribution < 1.29 is 0 Å². The highest BCUT2D eigenvalue weighted by Crippen LogP contribution is 2.39. The summed E-state index contributed by atoms with van der Waals surface area (Å²) in [5, 5.41) is 4.35. The molecule has 28 heavy (non-hydrogen) atoms. The van der Waals surface area contributed by atoms with E-state index in [1.807, 2.05) is 18.3 Å². The standard InChI is InChI=1S/C23H26N4S/c1-3-4-14-27-22(21(25-23(27)28)19-11-5-6-13-24-19)20-12-8-15-26(20)18-10-7-9-17(2)16-18/h5-13,15-16,21-22H,3-4,14H2,1-2H3,(H,25,28)/t21-,22-/m0/s1. The van der Waals surface area contributed by atoms with Gasteiger partial charge in [0.05, 0.1) is 17.8 Å². The number of thiocarbonyl (C=S) groups is 1. The second-order valence-corrected chi connectivity index (χ2v) is 7.70. The Labute approximate surface area is 172 Å². The molecule has 1 N–H and O–H groups in total. The van der Waals surface area contributed by atoms with Crippen LogP contribution in [0.4, 0.5) is 0 Å². The Kier molecular flexibility index (Phi) is 5.44. The Morgan fingerprint density at radius 1 is 1.11 bits per heavy atom. The average Bonchev–Trinajstić information content (AvgIpc) is 3.31. The van der Waals surface area contributed by atoms with Crippen molar-refractivity contribution >= 4 is 17.3 Å². The fourth-order valence-corrected chi connectivity index (χ4v) is 4.28. The summed E-state index contributed by atoms with van der Waals surface area (Å²) in [6, 6.07) is 19.1. The molecule has 1 aliphatic rings. The number of hydrogen-bond acceptors (Lipinski definition) is 2. The van der Waals surface area contributed by atoms with Crippen LogP contribution in [0.5, 0.6) is 0 Å². The third-order valence-electron chi connectivity index (χ3n) is 5.31. The first-order valence-corrected chi connectivity index (χ1v) is 10.3. The topological polar surface area (TPSA) is 33.1 Å². The molecule has 3 heterocycles. The van der Waals surface area contributed by atoms with Crippen LogP contribution in [0.25, 0.3) is 5.69 Å². The molecule has 0 bridgehead atoms. The molecule has 5 heteroatoms. The van der Waals surface area contributed by atoms with Crippen LogP contribution in [0.1, 0.15) is 48.8 Å². The zero-order chi connectivity index (χ0) is 19.5. The molecule has 4 nitrogen and oxygen atoms in total. The first-order chi connectivity index (χ1) is 13.7. The molecule has 1 saturated heterocycles. The number of rotatable bonds is 6. The van der Waals surface area contributed by atoms with E-state index in [1.54, 1.807) is 0 Å². The highest BCUT2D eigenvalue weighted by molar-refractivity contribution is 7.80. The molecule has 0 spiro atoms. The molecule has 0 unspecified atom stereocenters. The summed E-state index contributed by atoms with van der Waals surface area (Å²) in [6.45, 7) is 5.28. The van der Waals surface area contributed by atoms with Gasteiger partial charge in [-0.1, -0.05) is 31.5 Å². The summed E-state index contributed by atoms with van der Waals surface area (Å²) in [5.74, 6) is 0. The maximum Gasteiger partial charge on any atom is 0.170 e. The van der Waals surface area contributed by atoms with E-state index in [4.69, 9.17) is 12.2 Å². The van der Waals surface area contributed by atoms with E-state index in [-0.39, 0.29) is 12.1 Å². The van der Waals surface area contributed by atoms with Crippen LogP contribution in [-0.4, -0.2) is 26.1 Å². The maximum absolute atomic E-state index is 5.74. The smallest absolute Gasteiger partial charge is 0.170 e. The maximum atomic E-state index is 5.74. The van der Waals surface area contributed by atoms with E-state index in [0.717, 1.165) is 30.2 Å². The molecule has 4 rings (SSSR count). The second-order valence-electron chi connectivity index (χ2n) is 7.32. The normalized spacial score (nSPS) is 19.1. The predicted octanol–water partition coefficient (Wildman–Crippen LogP) is 4.95. The second kappa shape index (κ2) is 8.15. The molecule has 0 aliphatic carbocycles. The van der Waals surface area contributed by atoms with Crippen LogP contribution in [0, 0.1) is 6.92 Å². The number of nitrogens with zero attached hydrogens (tertiary/aromatic N) is 3. The molecule has 1 fully saturated rings. The Bertz CT molecular complexity index is 950. The van der Waals surface area contributed by atoms with Crippen molar-refractivity contribution in [1.82, 2.24) is 19.8 Å². The molecule has 2 aromatic heterocycles. The molecule has 0 radical (unpaired) electrons. The summed E-state index contributed by atoms with van der Waals surface area (Å²) in [4.78, 5) is 6.96. The Morgan fingerprint density at radius 3 is 2.75 bits per heavy atom. The summed E-state index contributed by atoms with van der Waals surface area (Å²) >= 11 is 5.74. The predicted molar refractivity (Wildman–Crippen MR) is 118 cm³/mol. The van der Waals surface area contributed by atoms with Crippen LogP contribution in [0.15, 0.2) is 67.0 Å². The van der Waals surface area contributed by atoms with E-state index in [0.29, 0.717) is 0 Å². The average molecular weight is 391 g/mol. The number of hydrogen-bond donors (Lipinski definition) is 1. The van der Waals surface area contributed by atoms with Gasteiger partial charge in [0.1, 0.15) is 0 Å². The van der Waals surface area contributed by atoms with Gasteiger partial charge in [0, 0.05) is 30.3 Å². The van der Waals surface area contributed by atoms with Crippen molar-refractivity contribution in [3.05, 3.63) is 83.9 Å². The fraction of sp³-hybridized carbons (Fsp3) is 0.304.